The molecule has 4 aromatic rings. The van der Waals surface area contributed by atoms with Crippen LogP contribution < -0.4 is 27.9 Å². The van der Waals surface area contributed by atoms with E-state index in [1.807, 2.05) is 0 Å². The monoisotopic (exact) mass is 519 g/mol. The standard InChI is InChI=1S/C25H24FN5O3.C3H6O/c1-13-7-10-19(18(26)11-13)28-22-20-21(14(2)23(32)29(22)3)30(17-6-4-5-15(27)12-17)25(34)31(24(20)33)16-8-9-16;4-3-1-2-3/h4-7,10-12,16,28H,8-9,27H2,1-3H3;3-4H,1-2H2. The van der Waals surface area contributed by atoms with Gasteiger partial charge in [0.15, 0.2) is 0 Å². The van der Waals surface area contributed by atoms with Crippen molar-refractivity contribution >= 4 is 28.1 Å². The molecule has 4 N–H and O–H groups in total. The Morgan fingerprint density at radius 1 is 1.00 bits per heavy atom. The normalized spacial score (nSPS) is 14.8. The number of nitrogen functional groups attached to an aromatic ring is 1. The third-order valence-corrected chi connectivity index (χ3v) is 6.81. The maximum atomic E-state index is 14.7. The Hall–Kier alpha value is -4.18. The minimum absolute atomic E-state index is 0.0833. The number of aryl methyl sites for hydroxylation is 2. The molecule has 0 unspecified atom stereocenters. The van der Waals surface area contributed by atoms with Crippen molar-refractivity contribution < 1.29 is 9.50 Å². The molecule has 2 fully saturated rings. The predicted molar refractivity (Wildman–Crippen MR) is 146 cm³/mol. The zero-order valence-corrected chi connectivity index (χ0v) is 21.5. The molecule has 9 nitrogen and oxygen atoms in total. The van der Waals surface area contributed by atoms with Crippen LogP contribution in [0.25, 0.3) is 16.6 Å². The van der Waals surface area contributed by atoms with Gasteiger partial charge in [-0.15, -0.1) is 0 Å². The SMILES string of the molecule is Cc1ccc(Nc2c3c(=O)n(C4CC4)c(=O)n(-c4cccc(N)c4)c3c(C)c(=O)n2C)c(F)c1.OC1CC1. The van der Waals surface area contributed by atoms with Crippen LogP contribution in [-0.2, 0) is 7.05 Å². The van der Waals surface area contributed by atoms with Crippen LogP contribution in [0.5, 0.6) is 0 Å². The average molecular weight is 520 g/mol. The number of nitrogens with one attached hydrogen (secondary N) is 1. The van der Waals surface area contributed by atoms with Crippen LogP contribution in [0.3, 0.4) is 0 Å². The predicted octanol–water partition coefficient (Wildman–Crippen LogP) is 3.41. The van der Waals surface area contributed by atoms with Gasteiger partial charge in [0.2, 0.25) is 0 Å². The molecule has 0 atom stereocenters. The van der Waals surface area contributed by atoms with E-state index in [1.165, 1.54) is 26.8 Å². The zero-order chi connectivity index (χ0) is 27.3. The van der Waals surface area contributed by atoms with Gasteiger partial charge in [-0.25, -0.2) is 9.18 Å². The molecule has 0 amide bonds. The molecule has 2 aliphatic carbocycles. The maximum Gasteiger partial charge on any atom is 0.336 e. The number of aromatic nitrogens is 3. The Morgan fingerprint density at radius 2 is 1.68 bits per heavy atom. The van der Waals surface area contributed by atoms with Crippen molar-refractivity contribution in [2.75, 3.05) is 11.1 Å². The summed E-state index contributed by atoms with van der Waals surface area (Å²) in [6.45, 7) is 3.34. The third-order valence-electron chi connectivity index (χ3n) is 6.81. The minimum atomic E-state index is -0.533. The first-order chi connectivity index (χ1) is 18.1. The zero-order valence-electron chi connectivity index (χ0n) is 21.5. The van der Waals surface area contributed by atoms with Gasteiger partial charge in [0.1, 0.15) is 17.0 Å². The van der Waals surface area contributed by atoms with E-state index in [2.05, 4.69) is 5.32 Å². The Kier molecular flexibility index (Phi) is 6.44. The van der Waals surface area contributed by atoms with Gasteiger partial charge in [-0.1, -0.05) is 12.1 Å². The quantitative estimate of drug-likeness (QED) is 0.355. The number of pyridine rings is 1. The molecule has 6 rings (SSSR count). The van der Waals surface area contributed by atoms with Gasteiger partial charge >= 0.3 is 5.69 Å². The van der Waals surface area contributed by atoms with Crippen LogP contribution in [0, 0.1) is 19.7 Å². The topological polar surface area (TPSA) is 124 Å². The fraction of sp³-hybridized carbons (Fsp3) is 0.321. The highest BCUT2D eigenvalue weighted by atomic mass is 19.1. The number of aliphatic hydroxyl groups is 1. The molecule has 10 heteroatoms. The van der Waals surface area contributed by atoms with Crippen LogP contribution >= 0.6 is 0 Å². The lowest BCUT2D eigenvalue weighted by Crippen LogP contribution is -2.41. The second kappa shape index (κ2) is 9.60. The highest BCUT2D eigenvalue weighted by Crippen LogP contribution is 2.34. The average Bonchev–Trinajstić information content (AvgIpc) is 3.80. The van der Waals surface area contributed by atoms with Gasteiger partial charge in [0, 0.05) is 24.3 Å². The number of fused-ring (bicyclic) bond motifs is 1. The lowest BCUT2D eigenvalue weighted by Gasteiger charge is -2.20. The molecule has 38 heavy (non-hydrogen) atoms. The first-order valence-electron chi connectivity index (χ1n) is 12.6. The largest absolute Gasteiger partial charge is 0.399 e. The Balaban J connectivity index is 0.000000673. The lowest BCUT2D eigenvalue weighted by molar-refractivity contribution is 0.279. The molecule has 2 aromatic heterocycles. The fourth-order valence-electron chi connectivity index (χ4n) is 4.44. The van der Waals surface area contributed by atoms with Gasteiger partial charge < -0.3 is 16.2 Å². The Bertz CT molecular complexity index is 1750. The smallest absolute Gasteiger partial charge is 0.336 e. The number of nitrogens with two attached hydrogens (primary N) is 1. The van der Waals surface area contributed by atoms with Crippen LogP contribution in [0.2, 0.25) is 0 Å². The van der Waals surface area contributed by atoms with Crippen LogP contribution in [0.4, 0.5) is 21.6 Å². The summed E-state index contributed by atoms with van der Waals surface area (Å²) in [5, 5.41) is 11.2. The number of rotatable bonds is 4. The van der Waals surface area contributed by atoms with Crippen LogP contribution in [-0.4, -0.2) is 24.9 Å². The number of halogens is 1. The van der Waals surface area contributed by atoms with E-state index in [9.17, 15) is 18.8 Å². The van der Waals surface area contributed by atoms with E-state index in [0.717, 1.165) is 18.4 Å². The van der Waals surface area contributed by atoms with Crippen molar-refractivity contribution in [1.29, 1.82) is 0 Å². The second-order valence-electron chi connectivity index (χ2n) is 10.0. The fourth-order valence-corrected chi connectivity index (χ4v) is 4.44. The van der Waals surface area contributed by atoms with E-state index >= 15 is 0 Å². The molecule has 198 valence electrons. The van der Waals surface area contributed by atoms with Gasteiger partial charge in [0.05, 0.1) is 23.0 Å². The summed E-state index contributed by atoms with van der Waals surface area (Å²) in [7, 11) is 1.51. The van der Waals surface area contributed by atoms with E-state index in [1.54, 1.807) is 50.2 Å². The van der Waals surface area contributed by atoms with Gasteiger partial charge in [-0.05, 0) is 75.4 Å². The van der Waals surface area contributed by atoms with Crippen molar-refractivity contribution in [3.8, 4) is 5.69 Å². The molecule has 0 radical (unpaired) electrons. The first-order valence-corrected chi connectivity index (χ1v) is 12.6. The summed E-state index contributed by atoms with van der Waals surface area (Å²) in [5.41, 5.74) is 6.64. The Labute approximate surface area is 217 Å². The molecule has 0 aliphatic heterocycles. The number of aliphatic hydroxyl groups excluding tert-OH is 1. The summed E-state index contributed by atoms with van der Waals surface area (Å²) in [6.07, 6.45) is 3.58. The molecule has 0 spiro atoms. The van der Waals surface area contributed by atoms with E-state index < -0.39 is 22.6 Å². The van der Waals surface area contributed by atoms with E-state index in [-0.39, 0.29) is 40.1 Å². The van der Waals surface area contributed by atoms with Crippen molar-refractivity contribution in [2.45, 2.75) is 51.7 Å². The van der Waals surface area contributed by atoms with Crippen molar-refractivity contribution in [3.05, 3.63) is 90.6 Å². The summed E-state index contributed by atoms with van der Waals surface area (Å²) in [6, 6.07) is 11.1. The van der Waals surface area contributed by atoms with Gasteiger partial charge in [-0.2, -0.15) is 0 Å². The molecular formula is C28H30FN5O4. The molecule has 2 heterocycles. The molecule has 0 saturated heterocycles. The maximum absolute atomic E-state index is 14.7. The summed E-state index contributed by atoms with van der Waals surface area (Å²) in [5.74, 6) is -0.404. The molecule has 0 bridgehead atoms. The molecular weight excluding hydrogens is 489 g/mol. The van der Waals surface area contributed by atoms with Crippen molar-refractivity contribution in [2.24, 2.45) is 7.05 Å². The molecule has 2 saturated carbocycles. The molecule has 2 aliphatic rings. The van der Waals surface area contributed by atoms with Crippen LogP contribution in [0.1, 0.15) is 42.9 Å². The number of hydrogen-bond acceptors (Lipinski definition) is 6. The van der Waals surface area contributed by atoms with Crippen LogP contribution in [0.15, 0.2) is 56.8 Å². The van der Waals surface area contributed by atoms with Crippen molar-refractivity contribution in [3.63, 3.8) is 0 Å². The number of anilines is 3. The van der Waals surface area contributed by atoms with E-state index in [0.29, 0.717) is 24.2 Å². The van der Waals surface area contributed by atoms with E-state index in [4.69, 9.17) is 10.8 Å². The number of nitrogens with zero attached hydrogens (tertiary/aromatic N) is 3. The first kappa shape index (κ1) is 25.5. The summed E-state index contributed by atoms with van der Waals surface area (Å²) < 4.78 is 18.6. The summed E-state index contributed by atoms with van der Waals surface area (Å²) >= 11 is 0. The number of hydrogen-bond donors (Lipinski definition) is 3. The second-order valence-corrected chi connectivity index (χ2v) is 10.0. The van der Waals surface area contributed by atoms with Crippen molar-refractivity contribution in [1.82, 2.24) is 13.7 Å². The number of benzene rings is 2. The molecule has 2 aromatic carbocycles. The summed E-state index contributed by atoms with van der Waals surface area (Å²) in [4.78, 5) is 40.5. The van der Waals surface area contributed by atoms with Gasteiger partial charge in [0.25, 0.3) is 11.1 Å². The minimum Gasteiger partial charge on any atom is -0.399 e. The Morgan fingerprint density at radius 3 is 2.26 bits per heavy atom. The highest BCUT2D eigenvalue weighted by molar-refractivity contribution is 5.93. The third kappa shape index (κ3) is 4.63. The highest BCUT2D eigenvalue weighted by Gasteiger charge is 2.31. The lowest BCUT2D eigenvalue weighted by atomic mass is 10.1. The van der Waals surface area contributed by atoms with Gasteiger partial charge in [-0.3, -0.25) is 23.3 Å².